The lowest BCUT2D eigenvalue weighted by atomic mass is 9.95. The van der Waals surface area contributed by atoms with Gasteiger partial charge in [-0.1, -0.05) is 22.0 Å². The maximum Gasteiger partial charge on any atom is 0.119 e. The molecule has 0 saturated heterocycles. The second-order valence-corrected chi connectivity index (χ2v) is 5.44. The molecule has 0 heterocycles. The van der Waals surface area contributed by atoms with Gasteiger partial charge in [-0.05, 0) is 53.9 Å². The van der Waals surface area contributed by atoms with Crippen molar-refractivity contribution in [2.75, 3.05) is 14.2 Å². The number of aryl methyl sites for hydroxylation is 1. The average Bonchev–Trinajstić information content (AvgIpc) is 2.47. The Labute approximate surface area is 127 Å². The Bertz CT molecular complexity index is 613. The fraction of sp³-hybridized carbons (Fsp3) is 0.250. The molecule has 106 valence electrons. The molecule has 0 spiro atoms. The summed E-state index contributed by atoms with van der Waals surface area (Å²) in [5, 5.41) is 0. The predicted octanol–water partition coefficient (Wildman–Crippen LogP) is 3.82. The first kappa shape index (κ1) is 14.9. The van der Waals surface area contributed by atoms with Crippen LogP contribution in [-0.4, -0.2) is 14.2 Å². The van der Waals surface area contributed by atoms with Gasteiger partial charge in [-0.25, -0.2) is 0 Å². The van der Waals surface area contributed by atoms with E-state index in [4.69, 9.17) is 15.2 Å². The molecular weight excluding hydrogens is 318 g/mol. The van der Waals surface area contributed by atoms with Gasteiger partial charge in [0.2, 0.25) is 0 Å². The largest absolute Gasteiger partial charge is 0.497 e. The van der Waals surface area contributed by atoms with Gasteiger partial charge in [-0.15, -0.1) is 0 Å². The first-order chi connectivity index (χ1) is 9.56. The predicted molar refractivity (Wildman–Crippen MR) is 84.5 cm³/mol. The molecule has 0 aliphatic heterocycles. The van der Waals surface area contributed by atoms with Gasteiger partial charge in [0, 0.05) is 4.47 Å². The van der Waals surface area contributed by atoms with E-state index in [9.17, 15) is 0 Å². The lowest BCUT2D eigenvalue weighted by molar-refractivity contribution is 0.413. The first-order valence-corrected chi connectivity index (χ1v) is 7.09. The standard InChI is InChI=1S/C16H18BrNO2/c1-10-8-11(19-2)4-6-13(10)16(18)14-9-12(20-3)5-7-15(14)17/h4-9,16H,18H2,1-3H3. The van der Waals surface area contributed by atoms with Crippen molar-refractivity contribution in [3.05, 3.63) is 57.6 Å². The molecule has 4 heteroatoms. The Hall–Kier alpha value is -1.52. The maximum absolute atomic E-state index is 6.41. The van der Waals surface area contributed by atoms with Crippen LogP contribution in [0.25, 0.3) is 0 Å². The van der Waals surface area contributed by atoms with E-state index in [0.717, 1.165) is 32.7 Å². The lowest BCUT2D eigenvalue weighted by Gasteiger charge is -2.18. The lowest BCUT2D eigenvalue weighted by Crippen LogP contribution is -2.14. The van der Waals surface area contributed by atoms with Crippen molar-refractivity contribution < 1.29 is 9.47 Å². The average molecular weight is 336 g/mol. The fourth-order valence-electron chi connectivity index (χ4n) is 2.18. The van der Waals surface area contributed by atoms with Crippen LogP contribution in [0.5, 0.6) is 11.5 Å². The van der Waals surface area contributed by atoms with Gasteiger partial charge in [-0.3, -0.25) is 0 Å². The second kappa shape index (κ2) is 6.29. The zero-order valence-electron chi connectivity index (χ0n) is 11.8. The van der Waals surface area contributed by atoms with Crippen LogP contribution in [0.2, 0.25) is 0 Å². The summed E-state index contributed by atoms with van der Waals surface area (Å²) in [4.78, 5) is 0. The van der Waals surface area contributed by atoms with Crippen LogP contribution in [0.4, 0.5) is 0 Å². The topological polar surface area (TPSA) is 44.5 Å². The van der Waals surface area contributed by atoms with Crippen molar-refractivity contribution in [1.82, 2.24) is 0 Å². The Morgan fingerprint density at radius 3 is 2.15 bits per heavy atom. The highest BCUT2D eigenvalue weighted by molar-refractivity contribution is 9.10. The van der Waals surface area contributed by atoms with Crippen molar-refractivity contribution in [2.24, 2.45) is 5.73 Å². The van der Waals surface area contributed by atoms with Gasteiger partial charge in [-0.2, -0.15) is 0 Å². The summed E-state index contributed by atoms with van der Waals surface area (Å²) in [7, 11) is 3.31. The van der Waals surface area contributed by atoms with Crippen LogP contribution >= 0.6 is 15.9 Å². The molecule has 0 saturated carbocycles. The molecule has 0 aromatic heterocycles. The molecule has 0 fully saturated rings. The van der Waals surface area contributed by atoms with Crippen molar-refractivity contribution in [3.8, 4) is 11.5 Å². The number of nitrogens with two attached hydrogens (primary N) is 1. The van der Waals surface area contributed by atoms with E-state index in [1.807, 2.05) is 43.3 Å². The number of hydrogen-bond donors (Lipinski definition) is 1. The summed E-state index contributed by atoms with van der Waals surface area (Å²) in [6.45, 7) is 2.03. The number of ether oxygens (including phenoxy) is 2. The quantitative estimate of drug-likeness (QED) is 0.923. The fourth-order valence-corrected chi connectivity index (χ4v) is 2.67. The van der Waals surface area contributed by atoms with Crippen LogP contribution in [0, 0.1) is 6.92 Å². The Morgan fingerprint density at radius 2 is 1.55 bits per heavy atom. The van der Waals surface area contributed by atoms with Crippen LogP contribution in [0.1, 0.15) is 22.7 Å². The van der Waals surface area contributed by atoms with Gasteiger partial charge in [0.05, 0.1) is 20.3 Å². The normalized spacial score (nSPS) is 12.1. The first-order valence-electron chi connectivity index (χ1n) is 6.30. The molecule has 0 bridgehead atoms. The molecule has 2 rings (SSSR count). The zero-order valence-corrected chi connectivity index (χ0v) is 13.4. The number of rotatable bonds is 4. The number of methoxy groups -OCH3 is 2. The highest BCUT2D eigenvalue weighted by Gasteiger charge is 2.15. The Kier molecular flexibility index (Phi) is 4.68. The van der Waals surface area contributed by atoms with Gasteiger partial charge < -0.3 is 15.2 Å². The molecule has 1 unspecified atom stereocenters. The van der Waals surface area contributed by atoms with E-state index < -0.39 is 0 Å². The number of hydrogen-bond acceptors (Lipinski definition) is 3. The second-order valence-electron chi connectivity index (χ2n) is 4.59. The summed E-state index contributed by atoms with van der Waals surface area (Å²) in [6, 6.07) is 11.5. The van der Waals surface area contributed by atoms with Gasteiger partial charge in [0.1, 0.15) is 11.5 Å². The van der Waals surface area contributed by atoms with Crippen molar-refractivity contribution in [1.29, 1.82) is 0 Å². The molecule has 2 N–H and O–H groups in total. The van der Waals surface area contributed by atoms with E-state index in [-0.39, 0.29) is 6.04 Å². The van der Waals surface area contributed by atoms with Gasteiger partial charge >= 0.3 is 0 Å². The smallest absolute Gasteiger partial charge is 0.119 e. The molecule has 20 heavy (non-hydrogen) atoms. The molecule has 0 amide bonds. The SMILES string of the molecule is COc1ccc(C(N)c2cc(OC)ccc2Br)c(C)c1. The van der Waals surface area contributed by atoms with E-state index in [0.29, 0.717) is 0 Å². The van der Waals surface area contributed by atoms with Crippen molar-refractivity contribution in [2.45, 2.75) is 13.0 Å². The summed E-state index contributed by atoms with van der Waals surface area (Å²) in [5.74, 6) is 1.63. The highest BCUT2D eigenvalue weighted by Crippen LogP contribution is 2.32. The Morgan fingerprint density at radius 1 is 0.950 bits per heavy atom. The van der Waals surface area contributed by atoms with Gasteiger partial charge in [0.25, 0.3) is 0 Å². The third-order valence-electron chi connectivity index (χ3n) is 3.35. The van der Waals surface area contributed by atoms with Crippen molar-refractivity contribution in [3.63, 3.8) is 0 Å². The summed E-state index contributed by atoms with van der Waals surface area (Å²) < 4.78 is 11.5. The molecule has 2 aromatic rings. The molecule has 0 aliphatic carbocycles. The number of halogens is 1. The third-order valence-corrected chi connectivity index (χ3v) is 4.07. The van der Waals surface area contributed by atoms with Gasteiger partial charge in [0.15, 0.2) is 0 Å². The minimum absolute atomic E-state index is 0.217. The van der Waals surface area contributed by atoms with Crippen LogP contribution in [0.3, 0.4) is 0 Å². The molecule has 1 atom stereocenters. The minimum Gasteiger partial charge on any atom is -0.497 e. The monoisotopic (exact) mass is 335 g/mol. The van der Waals surface area contributed by atoms with Crippen LogP contribution in [-0.2, 0) is 0 Å². The van der Waals surface area contributed by atoms with Crippen molar-refractivity contribution >= 4 is 15.9 Å². The maximum atomic E-state index is 6.41. The van der Waals surface area contributed by atoms with Crippen LogP contribution < -0.4 is 15.2 Å². The molecule has 0 radical (unpaired) electrons. The van der Waals surface area contributed by atoms with E-state index in [1.54, 1.807) is 14.2 Å². The molecule has 0 aliphatic rings. The minimum atomic E-state index is -0.217. The summed E-state index contributed by atoms with van der Waals surface area (Å²) >= 11 is 3.55. The number of benzene rings is 2. The Balaban J connectivity index is 2.43. The van der Waals surface area contributed by atoms with E-state index >= 15 is 0 Å². The zero-order chi connectivity index (χ0) is 14.7. The van der Waals surface area contributed by atoms with E-state index in [1.165, 1.54) is 0 Å². The van der Waals surface area contributed by atoms with E-state index in [2.05, 4.69) is 15.9 Å². The molecular formula is C16H18BrNO2. The van der Waals surface area contributed by atoms with Crippen LogP contribution in [0.15, 0.2) is 40.9 Å². The third kappa shape index (κ3) is 2.97. The molecule has 3 nitrogen and oxygen atoms in total. The summed E-state index contributed by atoms with van der Waals surface area (Å²) in [5.41, 5.74) is 9.58. The molecule has 2 aromatic carbocycles. The highest BCUT2D eigenvalue weighted by atomic mass is 79.9. The summed E-state index contributed by atoms with van der Waals surface area (Å²) in [6.07, 6.45) is 0.